The number of benzene rings is 1. The van der Waals surface area contributed by atoms with Crippen LogP contribution in [0.4, 0.5) is 0 Å². The zero-order valence-electron chi connectivity index (χ0n) is 16.4. The van der Waals surface area contributed by atoms with E-state index >= 15 is 0 Å². The van der Waals surface area contributed by atoms with Gasteiger partial charge >= 0.3 is 0 Å². The monoisotopic (exact) mass is 386 g/mol. The van der Waals surface area contributed by atoms with E-state index in [1.807, 2.05) is 29.3 Å². The molecule has 146 valence electrons. The van der Waals surface area contributed by atoms with Gasteiger partial charge < -0.3 is 14.4 Å². The summed E-state index contributed by atoms with van der Waals surface area (Å²) in [4.78, 5) is 22.7. The second-order valence-corrected chi connectivity index (χ2v) is 8.47. The number of carbonyl (C=O) groups excluding carboxylic acids is 1. The smallest absolute Gasteiger partial charge is 0.232 e. The summed E-state index contributed by atoms with van der Waals surface area (Å²) in [5, 5.41) is 0. The van der Waals surface area contributed by atoms with Crippen LogP contribution >= 0.6 is 11.8 Å². The van der Waals surface area contributed by atoms with Crippen molar-refractivity contribution < 1.29 is 4.79 Å². The van der Waals surface area contributed by atoms with Crippen LogP contribution in [0, 0.1) is 0 Å². The number of hydrogen-bond donors (Lipinski definition) is 0. The van der Waals surface area contributed by atoms with E-state index in [2.05, 4.69) is 46.9 Å². The van der Waals surface area contributed by atoms with Crippen LogP contribution in [0.1, 0.15) is 31.0 Å². The number of nitrogens with zero attached hydrogens (tertiary/aromatic N) is 4. The van der Waals surface area contributed by atoms with E-state index in [0.29, 0.717) is 11.7 Å². The molecule has 0 saturated carbocycles. The normalized spacial score (nSPS) is 17.4. The van der Waals surface area contributed by atoms with E-state index in [1.165, 1.54) is 0 Å². The van der Waals surface area contributed by atoms with E-state index in [0.717, 1.165) is 56.2 Å². The summed E-state index contributed by atoms with van der Waals surface area (Å²) < 4.78 is 2.28. The third kappa shape index (κ3) is 5.84. The van der Waals surface area contributed by atoms with Crippen molar-refractivity contribution in [3.8, 4) is 0 Å². The predicted octanol–water partition coefficient (Wildman–Crippen LogP) is 3.33. The summed E-state index contributed by atoms with van der Waals surface area (Å²) in [5.41, 5.74) is 0. The second-order valence-electron chi connectivity index (χ2n) is 7.42. The Morgan fingerprint density at radius 1 is 1.30 bits per heavy atom. The van der Waals surface area contributed by atoms with E-state index in [-0.39, 0.29) is 5.91 Å². The summed E-state index contributed by atoms with van der Waals surface area (Å²) in [5.74, 6) is 2.23. The lowest BCUT2D eigenvalue weighted by molar-refractivity contribution is -0.129. The van der Waals surface area contributed by atoms with Crippen LogP contribution in [0.3, 0.4) is 0 Å². The maximum atomic E-state index is 12.7. The average molecular weight is 387 g/mol. The van der Waals surface area contributed by atoms with E-state index in [1.54, 1.807) is 11.8 Å². The molecule has 0 unspecified atom stereocenters. The quantitative estimate of drug-likeness (QED) is 0.653. The van der Waals surface area contributed by atoms with Crippen molar-refractivity contribution in [1.82, 2.24) is 19.4 Å². The van der Waals surface area contributed by atoms with Crippen molar-refractivity contribution in [2.75, 3.05) is 39.5 Å². The molecule has 1 aromatic heterocycles. The van der Waals surface area contributed by atoms with Gasteiger partial charge in [-0.05, 0) is 52.0 Å². The molecule has 2 aromatic rings. The molecule has 1 saturated heterocycles. The van der Waals surface area contributed by atoms with Gasteiger partial charge in [-0.3, -0.25) is 4.79 Å². The van der Waals surface area contributed by atoms with Crippen LogP contribution in [0.25, 0.3) is 0 Å². The summed E-state index contributed by atoms with van der Waals surface area (Å²) in [6.45, 7) is 3.72. The SMILES string of the molecule is CN(C)CCCn1ccnc1[C@@H]1CCCN(C(=O)CSc2ccccc2)C1. The third-order valence-electron chi connectivity index (χ3n) is 5.00. The number of amides is 1. The summed E-state index contributed by atoms with van der Waals surface area (Å²) in [6, 6.07) is 10.1. The van der Waals surface area contributed by atoms with Crippen LogP contribution in [-0.2, 0) is 11.3 Å². The molecule has 3 rings (SSSR count). The minimum absolute atomic E-state index is 0.235. The molecule has 0 N–H and O–H groups in total. The van der Waals surface area contributed by atoms with Gasteiger partial charge in [-0.2, -0.15) is 0 Å². The molecule has 1 aromatic carbocycles. The zero-order valence-corrected chi connectivity index (χ0v) is 17.2. The molecular formula is C21H30N4OS. The lowest BCUT2D eigenvalue weighted by Crippen LogP contribution is -2.40. The molecule has 1 aliphatic rings. The molecule has 6 heteroatoms. The number of aryl methyl sites for hydroxylation is 1. The van der Waals surface area contributed by atoms with Crippen LogP contribution < -0.4 is 0 Å². The fraction of sp³-hybridized carbons (Fsp3) is 0.524. The molecule has 1 fully saturated rings. The van der Waals surface area contributed by atoms with E-state index in [9.17, 15) is 4.79 Å². The molecule has 0 bridgehead atoms. The van der Waals surface area contributed by atoms with Gasteiger partial charge in [0.2, 0.25) is 5.91 Å². The van der Waals surface area contributed by atoms with Crippen LogP contribution in [0.5, 0.6) is 0 Å². The number of imidazole rings is 1. The first-order valence-electron chi connectivity index (χ1n) is 9.75. The molecular weight excluding hydrogens is 356 g/mol. The van der Waals surface area contributed by atoms with Gasteiger partial charge in [0, 0.05) is 42.8 Å². The largest absolute Gasteiger partial charge is 0.341 e. The van der Waals surface area contributed by atoms with Gasteiger partial charge in [-0.15, -0.1) is 11.8 Å². The van der Waals surface area contributed by atoms with Crippen molar-refractivity contribution in [1.29, 1.82) is 0 Å². The molecule has 1 atom stereocenters. The highest BCUT2D eigenvalue weighted by atomic mass is 32.2. The Morgan fingerprint density at radius 2 is 2.11 bits per heavy atom. The molecule has 27 heavy (non-hydrogen) atoms. The third-order valence-corrected chi connectivity index (χ3v) is 5.99. The van der Waals surface area contributed by atoms with Crippen LogP contribution in [0.15, 0.2) is 47.6 Å². The maximum Gasteiger partial charge on any atom is 0.232 e. The standard InChI is InChI=1S/C21H30N4OS/c1-23(2)12-7-14-24-15-11-22-21(24)18-8-6-13-25(16-18)20(26)17-27-19-9-4-3-5-10-19/h3-5,9-11,15,18H,6-8,12-14,16-17H2,1-2H3/t18-/m1/s1. The minimum atomic E-state index is 0.235. The Morgan fingerprint density at radius 3 is 2.89 bits per heavy atom. The Kier molecular flexibility index (Phi) is 7.35. The first-order chi connectivity index (χ1) is 13.1. The summed E-state index contributed by atoms with van der Waals surface area (Å²) in [6.07, 6.45) is 7.25. The molecule has 0 aliphatic carbocycles. The van der Waals surface area contributed by atoms with Crippen LogP contribution in [0.2, 0.25) is 0 Å². The van der Waals surface area contributed by atoms with Crippen molar-refractivity contribution >= 4 is 17.7 Å². The highest BCUT2D eigenvalue weighted by molar-refractivity contribution is 8.00. The summed E-state index contributed by atoms with van der Waals surface area (Å²) >= 11 is 1.62. The Labute approximate surface area is 166 Å². The van der Waals surface area contributed by atoms with Crippen molar-refractivity contribution in [2.45, 2.75) is 36.6 Å². The molecule has 0 radical (unpaired) electrons. The highest BCUT2D eigenvalue weighted by Gasteiger charge is 2.27. The Hall–Kier alpha value is -1.79. The summed E-state index contributed by atoms with van der Waals surface area (Å²) in [7, 11) is 4.21. The number of likely N-dealkylation sites (tertiary alicyclic amines) is 1. The molecule has 0 spiro atoms. The Bertz CT molecular complexity index is 716. The number of carbonyl (C=O) groups is 1. The molecule has 2 heterocycles. The van der Waals surface area contributed by atoms with Gasteiger partial charge in [-0.1, -0.05) is 18.2 Å². The van der Waals surface area contributed by atoms with Gasteiger partial charge in [0.05, 0.1) is 5.75 Å². The van der Waals surface area contributed by atoms with Gasteiger partial charge in [-0.25, -0.2) is 4.98 Å². The zero-order chi connectivity index (χ0) is 19.1. The number of aromatic nitrogens is 2. The Balaban J connectivity index is 1.54. The van der Waals surface area contributed by atoms with E-state index in [4.69, 9.17) is 0 Å². The second kappa shape index (κ2) is 9.95. The number of rotatable bonds is 8. The highest BCUT2D eigenvalue weighted by Crippen LogP contribution is 2.27. The van der Waals surface area contributed by atoms with Crippen molar-refractivity contribution in [2.24, 2.45) is 0 Å². The fourth-order valence-electron chi connectivity index (χ4n) is 3.59. The first-order valence-corrected chi connectivity index (χ1v) is 10.7. The molecule has 5 nitrogen and oxygen atoms in total. The lowest BCUT2D eigenvalue weighted by atomic mass is 9.97. The van der Waals surface area contributed by atoms with Crippen molar-refractivity contribution in [3.05, 3.63) is 48.5 Å². The van der Waals surface area contributed by atoms with E-state index < -0.39 is 0 Å². The van der Waals surface area contributed by atoms with Crippen LogP contribution in [-0.4, -0.2) is 64.7 Å². The maximum absolute atomic E-state index is 12.7. The lowest BCUT2D eigenvalue weighted by Gasteiger charge is -2.32. The van der Waals surface area contributed by atoms with Gasteiger partial charge in [0.25, 0.3) is 0 Å². The topological polar surface area (TPSA) is 41.4 Å². The number of piperidine rings is 1. The van der Waals surface area contributed by atoms with Crippen molar-refractivity contribution in [3.63, 3.8) is 0 Å². The number of thioether (sulfide) groups is 1. The molecule has 1 aliphatic heterocycles. The molecule has 1 amide bonds. The predicted molar refractivity (Wildman–Crippen MR) is 111 cm³/mol. The number of hydrogen-bond acceptors (Lipinski definition) is 4. The minimum Gasteiger partial charge on any atom is -0.341 e. The first kappa shape index (κ1) is 20.0. The fourth-order valence-corrected chi connectivity index (χ4v) is 4.42. The van der Waals surface area contributed by atoms with Gasteiger partial charge in [0.1, 0.15) is 5.82 Å². The van der Waals surface area contributed by atoms with Gasteiger partial charge in [0.15, 0.2) is 0 Å². The average Bonchev–Trinajstić information content (AvgIpc) is 3.15.